The van der Waals surface area contributed by atoms with Crippen molar-refractivity contribution in [1.29, 1.82) is 0 Å². The topological polar surface area (TPSA) is 18.5 Å². The van der Waals surface area contributed by atoms with Crippen molar-refractivity contribution in [3.05, 3.63) is 35.9 Å². The molecule has 3 heteroatoms. The van der Waals surface area contributed by atoms with E-state index in [9.17, 15) is 0 Å². The van der Waals surface area contributed by atoms with Gasteiger partial charge in [0.25, 0.3) is 0 Å². The Hall–Kier alpha value is -0.570. The van der Waals surface area contributed by atoms with E-state index in [0.717, 1.165) is 12.8 Å². The van der Waals surface area contributed by atoms with E-state index in [1.54, 1.807) is 0 Å². The molecule has 1 saturated heterocycles. The van der Waals surface area contributed by atoms with Crippen LogP contribution < -0.4 is 0 Å². The molecule has 0 saturated carbocycles. The molecule has 2 nitrogen and oxygen atoms in total. The fourth-order valence-corrected chi connectivity index (χ4v) is 2.07. The van der Waals surface area contributed by atoms with E-state index >= 15 is 0 Å². The minimum atomic E-state index is -0.463. The number of halogens is 1. The van der Waals surface area contributed by atoms with E-state index in [-0.39, 0.29) is 6.10 Å². The number of aryl methyl sites for hydroxylation is 1. The van der Waals surface area contributed by atoms with Gasteiger partial charge in [0.05, 0.1) is 18.6 Å². The van der Waals surface area contributed by atoms with Gasteiger partial charge in [0.15, 0.2) is 5.79 Å². The largest absolute Gasteiger partial charge is 0.347 e. The van der Waals surface area contributed by atoms with E-state index in [0.29, 0.717) is 12.5 Å². The molecule has 1 heterocycles. The molecule has 2 rings (SSSR count). The highest BCUT2D eigenvalue weighted by Crippen LogP contribution is 2.28. The van der Waals surface area contributed by atoms with Crippen molar-refractivity contribution in [1.82, 2.24) is 0 Å². The van der Waals surface area contributed by atoms with E-state index in [1.165, 1.54) is 5.56 Å². The molecule has 1 aliphatic rings. The highest BCUT2D eigenvalue weighted by molar-refractivity contribution is 6.18. The van der Waals surface area contributed by atoms with Crippen LogP contribution in [0.2, 0.25) is 0 Å². The molecule has 1 aromatic carbocycles. The van der Waals surface area contributed by atoms with Crippen LogP contribution in [-0.2, 0) is 15.9 Å². The zero-order valence-electron chi connectivity index (χ0n) is 9.49. The van der Waals surface area contributed by atoms with Gasteiger partial charge < -0.3 is 9.47 Å². The molecule has 0 aliphatic carbocycles. The van der Waals surface area contributed by atoms with Crippen LogP contribution in [0.4, 0.5) is 0 Å². The molecule has 0 N–H and O–H groups in total. The van der Waals surface area contributed by atoms with Crippen molar-refractivity contribution in [2.75, 3.05) is 12.5 Å². The Labute approximate surface area is 102 Å². The lowest BCUT2D eigenvalue weighted by molar-refractivity contribution is -0.155. The van der Waals surface area contributed by atoms with Gasteiger partial charge in [0, 0.05) is 6.42 Å². The fraction of sp³-hybridized carbons (Fsp3) is 0.538. The van der Waals surface area contributed by atoms with E-state index in [2.05, 4.69) is 24.3 Å². The van der Waals surface area contributed by atoms with Crippen LogP contribution in [0.25, 0.3) is 0 Å². The highest BCUT2D eigenvalue weighted by atomic mass is 35.5. The first-order valence-electron chi connectivity index (χ1n) is 5.63. The molecule has 1 fully saturated rings. The maximum Gasteiger partial charge on any atom is 0.166 e. The lowest BCUT2D eigenvalue weighted by Gasteiger charge is -2.23. The van der Waals surface area contributed by atoms with Gasteiger partial charge in [-0.2, -0.15) is 0 Å². The minimum absolute atomic E-state index is 0.0439. The molecular weight excluding hydrogens is 224 g/mol. The Bertz CT molecular complexity index is 328. The lowest BCUT2D eigenvalue weighted by Crippen LogP contribution is -2.27. The van der Waals surface area contributed by atoms with Crippen LogP contribution in [0, 0.1) is 0 Å². The van der Waals surface area contributed by atoms with Gasteiger partial charge in [-0.15, -0.1) is 11.6 Å². The van der Waals surface area contributed by atoms with Gasteiger partial charge in [-0.1, -0.05) is 30.3 Å². The first kappa shape index (κ1) is 11.9. The third kappa shape index (κ3) is 2.97. The van der Waals surface area contributed by atoms with Crippen LogP contribution in [0.15, 0.2) is 30.3 Å². The fourth-order valence-electron chi connectivity index (χ4n) is 1.91. The second kappa shape index (κ2) is 5.17. The van der Waals surface area contributed by atoms with Crippen LogP contribution in [0.1, 0.15) is 18.9 Å². The summed E-state index contributed by atoms with van der Waals surface area (Å²) in [4.78, 5) is 0. The maximum atomic E-state index is 5.77. The summed E-state index contributed by atoms with van der Waals surface area (Å²) in [6.07, 6.45) is 1.87. The molecular formula is C13H17ClO2. The first-order valence-corrected chi connectivity index (χ1v) is 6.17. The molecule has 1 aliphatic heterocycles. The molecule has 0 amide bonds. The van der Waals surface area contributed by atoms with E-state index in [1.807, 2.05) is 13.0 Å². The van der Waals surface area contributed by atoms with Gasteiger partial charge in [-0.3, -0.25) is 0 Å². The molecule has 0 aromatic heterocycles. The predicted molar refractivity (Wildman–Crippen MR) is 64.7 cm³/mol. The summed E-state index contributed by atoms with van der Waals surface area (Å²) in [7, 11) is 0. The summed E-state index contributed by atoms with van der Waals surface area (Å²) in [5.41, 5.74) is 1.31. The second-order valence-electron chi connectivity index (χ2n) is 4.32. The van der Waals surface area contributed by atoms with Crippen molar-refractivity contribution in [3.8, 4) is 0 Å². The maximum absolute atomic E-state index is 5.77. The number of hydrogen-bond acceptors (Lipinski definition) is 2. The van der Waals surface area contributed by atoms with Gasteiger partial charge >= 0.3 is 0 Å². The van der Waals surface area contributed by atoms with Crippen molar-refractivity contribution in [3.63, 3.8) is 0 Å². The Morgan fingerprint density at radius 2 is 2.12 bits per heavy atom. The Morgan fingerprint density at radius 1 is 1.38 bits per heavy atom. The lowest BCUT2D eigenvalue weighted by atomic mass is 10.1. The summed E-state index contributed by atoms with van der Waals surface area (Å²) in [6.45, 7) is 2.59. The second-order valence-corrected chi connectivity index (χ2v) is 4.63. The zero-order chi connectivity index (χ0) is 11.4. The van der Waals surface area contributed by atoms with E-state index in [4.69, 9.17) is 21.1 Å². The Morgan fingerprint density at radius 3 is 2.75 bits per heavy atom. The quantitative estimate of drug-likeness (QED) is 0.754. The summed E-state index contributed by atoms with van der Waals surface area (Å²) < 4.78 is 11.4. The van der Waals surface area contributed by atoms with Gasteiger partial charge in [-0.05, 0) is 18.9 Å². The molecule has 0 bridgehead atoms. The number of rotatable bonds is 4. The third-order valence-electron chi connectivity index (χ3n) is 2.87. The minimum Gasteiger partial charge on any atom is -0.347 e. The van der Waals surface area contributed by atoms with Crippen LogP contribution in [0.5, 0.6) is 0 Å². The van der Waals surface area contributed by atoms with Crippen molar-refractivity contribution >= 4 is 11.6 Å². The number of alkyl halides is 1. The highest BCUT2D eigenvalue weighted by Gasteiger charge is 2.36. The van der Waals surface area contributed by atoms with Crippen molar-refractivity contribution in [2.45, 2.75) is 31.7 Å². The summed E-state index contributed by atoms with van der Waals surface area (Å²) in [6, 6.07) is 10.4. The standard InChI is InChI=1S/C13H17ClO2/c1-13(15-10-12(9-14)16-13)8-7-11-5-3-2-4-6-11/h2-6,12H,7-10H2,1H3. The smallest absolute Gasteiger partial charge is 0.166 e. The number of ether oxygens (including phenoxy) is 2. The first-order chi connectivity index (χ1) is 7.72. The Kier molecular flexibility index (Phi) is 3.85. The van der Waals surface area contributed by atoms with Crippen molar-refractivity contribution in [2.24, 2.45) is 0 Å². The van der Waals surface area contributed by atoms with Gasteiger partial charge in [-0.25, -0.2) is 0 Å². The van der Waals surface area contributed by atoms with Crippen molar-refractivity contribution < 1.29 is 9.47 Å². The molecule has 0 spiro atoms. The SMILES string of the molecule is CC1(CCc2ccccc2)OCC(CCl)O1. The normalized spacial score (nSPS) is 29.5. The van der Waals surface area contributed by atoms with Crippen LogP contribution in [-0.4, -0.2) is 24.4 Å². The predicted octanol–water partition coefficient (Wildman–Crippen LogP) is 2.99. The average Bonchev–Trinajstić information content (AvgIpc) is 2.71. The summed E-state index contributed by atoms with van der Waals surface area (Å²) in [5, 5.41) is 0. The molecule has 0 radical (unpaired) electrons. The monoisotopic (exact) mass is 240 g/mol. The summed E-state index contributed by atoms with van der Waals surface area (Å²) >= 11 is 5.75. The van der Waals surface area contributed by atoms with Crippen LogP contribution in [0.3, 0.4) is 0 Å². The number of benzene rings is 1. The van der Waals surface area contributed by atoms with Gasteiger partial charge in [0.2, 0.25) is 0 Å². The molecule has 16 heavy (non-hydrogen) atoms. The van der Waals surface area contributed by atoms with E-state index < -0.39 is 5.79 Å². The average molecular weight is 241 g/mol. The van der Waals surface area contributed by atoms with Crippen LogP contribution >= 0.6 is 11.6 Å². The molecule has 88 valence electrons. The van der Waals surface area contributed by atoms with Gasteiger partial charge in [0.1, 0.15) is 0 Å². The zero-order valence-corrected chi connectivity index (χ0v) is 10.2. The molecule has 2 atom stereocenters. The molecule has 1 aromatic rings. The molecule has 2 unspecified atom stereocenters. The Balaban J connectivity index is 1.86. The third-order valence-corrected chi connectivity index (χ3v) is 3.22. The number of hydrogen-bond donors (Lipinski definition) is 0. The summed E-state index contributed by atoms with van der Waals surface area (Å²) in [5.74, 6) is 0.0380.